The second kappa shape index (κ2) is 7.23. The molecule has 1 aromatic heterocycles. The number of rotatable bonds is 4. The Kier molecular flexibility index (Phi) is 5.08. The summed E-state index contributed by atoms with van der Waals surface area (Å²) in [6.07, 6.45) is 2.63. The number of nitrogens with zero attached hydrogens (tertiary/aromatic N) is 2. The summed E-state index contributed by atoms with van der Waals surface area (Å²) in [5.41, 5.74) is 8.73. The minimum atomic E-state index is 0.199. The third-order valence-electron chi connectivity index (χ3n) is 4.43. The number of hydrogen-bond donors (Lipinski definition) is 1. The van der Waals surface area contributed by atoms with Crippen LogP contribution in [0, 0.1) is 5.92 Å². The Hall–Kier alpha value is -1.72. The molecule has 0 bridgehead atoms. The van der Waals surface area contributed by atoms with E-state index in [4.69, 9.17) is 5.73 Å². The lowest BCUT2D eigenvalue weighted by atomic mass is 9.99. The standard InChI is InChI=1S/C18H23N3OS/c1-13-5-7-21(8-6-13)17(22)10-16-12-23-18(20-16)15-4-2-3-14(9-15)11-19/h2-4,9,12-13H,5-8,10-11,19H2,1H3. The zero-order chi connectivity index (χ0) is 16.2. The van der Waals surface area contributed by atoms with E-state index in [1.165, 1.54) is 0 Å². The average molecular weight is 329 g/mol. The van der Waals surface area contributed by atoms with Gasteiger partial charge in [0.1, 0.15) is 5.01 Å². The van der Waals surface area contributed by atoms with Crippen LogP contribution in [0.3, 0.4) is 0 Å². The highest BCUT2D eigenvalue weighted by molar-refractivity contribution is 7.13. The molecule has 5 heteroatoms. The van der Waals surface area contributed by atoms with Gasteiger partial charge in [0.15, 0.2) is 0 Å². The molecule has 2 N–H and O–H groups in total. The number of thiazole rings is 1. The summed E-state index contributed by atoms with van der Waals surface area (Å²) in [7, 11) is 0. The maximum atomic E-state index is 12.4. The summed E-state index contributed by atoms with van der Waals surface area (Å²) >= 11 is 1.59. The first-order chi connectivity index (χ1) is 11.2. The molecule has 2 heterocycles. The van der Waals surface area contributed by atoms with E-state index < -0.39 is 0 Å². The molecule has 4 nitrogen and oxygen atoms in total. The second-order valence-corrected chi connectivity index (χ2v) is 7.15. The molecular weight excluding hydrogens is 306 g/mol. The quantitative estimate of drug-likeness (QED) is 0.938. The molecule has 0 aliphatic carbocycles. The number of carbonyl (C=O) groups excluding carboxylic acids is 1. The van der Waals surface area contributed by atoms with Crippen LogP contribution < -0.4 is 5.73 Å². The molecule has 1 saturated heterocycles. The summed E-state index contributed by atoms with van der Waals surface area (Å²) in [6, 6.07) is 8.11. The molecule has 0 atom stereocenters. The van der Waals surface area contributed by atoms with E-state index in [0.29, 0.717) is 13.0 Å². The second-order valence-electron chi connectivity index (χ2n) is 6.29. The zero-order valence-corrected chi connectivity index (χ0v) is 14.3. The molecule has 3 rings (SSSR count). The number of hydrogen-bond acceptors (Lipinski definition) is 4. The topological polar surface area (TPSA) is 59.2 Å². The van der Waals surface area contributed by atoms with Crippen molar-refractivity contribution in [2.45, 2.75) is 32.7 Å². The van der Waals surface area contributed by atoms with Gasteiger partial charge in [0.2, 0.25) is 5.91 Å². The van der Waals surface area contributed by atoms with Crippen molar-refractivity contribution < 1.29 is 4.79 Å². The number of nitrogens with two attached hydrogens (primary N) is 1. The largest absolute Gasteiger partial charge is 0.342 e. The van der Waals surface area contributed by atoms with Gasteiger partial charge in [0.05, 0.1) is 12.1 Å². The highest BCUT2D eigenvalue weighted by atomic mass is 32.1. The molecule has 1 aliphatic heterocycles. The van der Waals surface area contributed by atoms with Crippen LogP contribution in [-0.4, -0.2) is 28.9 Å². The van der Waals surface area contributed by atoms with Gasteiger partial charge in [-0.05, 0) is 30.4 Å². The van der Waals surface area contributed by atoms with Crippen LogP contribution in [0.2, 0.25) is 0 Å². The number of amides is 1. The maximum absolute atomic E-state index is 12.4. The van der Waals surface area contributed by atoms with Crippen LogP contribution in [0.5, 0.6) is 0 Å². The van der Waals surface area contributed by atoms with Crippen molar-refractivity contribution in [3.05, 3.63) is 40.9 Å². The summed E-state index contributed by atoms with van der Waals surface area (Å²) in [6.45, 7) is 4.55. The fourth-order valence-electron chi connectivity index (χ4n) is 2.88. The summed E-state index contributed by atoms with van der Waals surface area (Å²) in [5.74, 6) is 0.934. The number of likely N-dealkylation sites (tertiary alicyclic amines) is 1. The van der Waals surface area contributed by atoms with Gasteiger partial charge >= 0.3 is 0 Å². The van der Waals surface area contributed by atoms with Crippen LogP contribution >= 0.6 is 11.3 Å². The van der Waals surface area contributed by atoms with Gasteiger partial charge in [0, 0.05) is 30.6 Å². The van der Waals surface area contributed by atoms with Crippen molar-refractivity contribution in [1.82, 2.24) is 9.88 Å². The van der Waals surface area contributed by atoms with Crippen LogP contribution in [-0.2, 0) is 17.8 Å². The molecule has 0 saturated carbocycles. The molecule has 0 spiro atoms. The Balaban J connectivity index is 1.66. The zero-order valence-electron chi connectivity index (χ0n) is 13.5. The first-order valence-electron chi connectivity index (χ1n) is 8.17. The van der Waals surface area contributed by atoms with Crippen molar-refractivity contribution >= 4 is 17.2 Å². The van der Waals surface area contributed by atoms with Gasteiger partial charge in [-0.2, -0.15) is 0 Å². The summed E-state index contributed by atoms with van der Waals surface area (Å²) in [5, 5.41) is 2.95. The predicted octanol–water partition coefficient (Wildman–Crippen LogP) is 3.07. The van der Waals surface area contributed by atoms with Gasteiger partial charge in [-0.3, -0.25) is 4.79 Å². The van der Waals surface area contributed by atoms with Crippen molar-refractivity contribution in [3.8, 4) is 10.6 Å². The lowest BCUT2D eigenvalue weighted by Crippen LogP contribution is -2.38. The van der Waals surface area contributed by atoms with Gasteiger partial charge < -0.3 is 10.6 Å². The predicted molar refractivity (Wildman–Crippen MR) is 94.1 cm³/mol. The molecule has 2 aromatic rings. The molecule has 1 aliphatic rings. The third-order valence-corrected chi connectivity index (χ3v) is 5.37. The lowest BCUT2D eigenvalue weighted by molar-refractivity contribution is -0.131. The molecule has 1 fully saturated rings. The van der Waals surface area contributed by atoms with E-state index in [9.17, 15) is 4.79 Å². The summed E-state index contributed by atoms with van der Waals surface area (Å²) in [4.78, 5) is 19.0. The van der Waals surface area contributed by atoms with E-state index in [1.807, 2.05) is 28.5 Å². The van der Waals surface area contributed by atoms with E-state index in [-0.39, 0.29) is 5.91 Å². The smallest absolute Gasteiger partial charge is 0.228 e. The highest BCUT2D eigenvalue weighted by Crippen LogP contribution is 2.25. The van der Waals surface area contributed by atoms with Crippen molar-refractivity contribution in [2.75, 3.05) is 13.1 Å². The highest BCUT2D eigenvalue weighted by Gasteiger charge is 2.21. The number of carbonyl (C=O) groups is 1. The molecule has 0 radical (unpaired) electrons. The van der Waals surface area contributed by atoms with Crippen LogP contribution in [0.25, 0.3) is 10.6 Å². The third kappa shape index (κ3) is 3.98. The summed E-state index contributed by atoms with van der Waals surface area (Å²) < 4.78 is 0. The fourth-order valence-corrected chi connectivity index (χ4v) is 3.69. The number of piperidine rings is 1. The molecule has 122 valence electrons. The molecule has 0 unspecified atom stereocenters. The van der Waals surface area contributed by atoms with Crippen molar-refractivity contribution in [3.63, 3.8) is 0 Å². The van der Waals surface area contributed by atoms with Gasteiger partial charge in [-0.1, -0.05) is 25.1 Å². The lowest BCUT2D eigenvalue weighted by Gasteiger charge is -2.30. The van der Waals surface area contributed by atoms with Crippen LogP contribution in [0.4, 0.5) is 0 Å². The number of benzene rings is 1. The monoisotopic (exact) mass is 329 g/mol. The Labute approximate surface area is 141 Å². The van der Waals surface area contributed by atoms with Crippen LogP contribution in [0.1, 0.15) is 31.0 Å². The Morgan fingerprint density at radius 3 is 2.91 bits per heavy atom. The fraction of sp³-hybridized carbons (Fsp3) is 0.444. The normalized spacial score (nSPS) is 15.8. The van der Waals surface area contributed by atoms with Crippen molar-refractivity contribution in [1.29, 1.82) is 0 Å². The molecular formula is C18H23N3OS. The van der Waals surface area contributed by atoms with E-state index in [0.717, 1.165) is 53.7 Å². The first-order valence-corrected chi connectivity index (χ1v) is 9.05. The molecule has 1 aromatic carbocycles. The SMILES string of the molecule is CC1CCN(C(=O)Cc2csc(-c3cccc(CN)c3)n2)CC1. The molecule has 1 amide bonds. The van der Waals surface area contributed by atoms with Crippen LogP contribution in [0.15, 0.2) is 29.6 Å². The van der Waals surface area contributed by atoms with E-state index in [2.05, 4.69) is 18.0 Å². The average Bonchev–Trinajstić information content (AvgIpc) is 3.04. The number of aromatic nitrogens is 1. The van der Waals surface area contributed by atoms with Gasteiger partial charge in [0.25, 0.3) is 0 Å². The Bertz CT molecular complexity index is 674. The minimum absolute atomic E-state index is 0.199. The Morgan fingerprint density at radius 2 is 2.17 bits per heavy atom. The first kappa shape index (κ1) is 16.1. The van der Waals surface area contributed by atoms with Crippen molar-refractivity contribution in [2.24, 2.45) is 11.7 Å². The maximum Gasteiger partial charge on any atom is 0.228 e. The van der Waals surface area contributed by atoms with Gasteiger partial charge in [-0.25, -0.2) is 4.98 Å². The Morgan fingerprint density at radius 1 is 1.39 bits per heavy atom. The van der Waals surface area contributed by atoms with E-state index >= 15 is 0 Å². The van der Waals surface area contributed by atoms with Gasteiger partial charge in [-0.15, -0.1) is 11.3 Å². The van der Waals surface area contributed by atoms with E-state index in [1.54, 1.807) is 11.3 Å². The molecule has 23 heavy (non-hydrogen) atoms. The minimum Gasteiger partial charge on any atom is -0.342 e.